The molecule has 79 heavy (non-hydrogen) atoms. The second-order valence-corrected chi connectivity index (χ2v) is 24.2. The zero-order chi connectivity index (χ0) is 57.1. The molecule has 464 valence electrons. The topological polar surface area (TPSA) is 95.9 Å². The first-order chi connectivity index (χ1) is 39.0. The highest BCUT2D eigenvalue weighted by Crippen LogP contribution is 2.18. The minimum atomic E-state index is -0.666. The Hall–Kier alpha value is -2.18. The lowest BCUT2D eigenvalue weighted by Crippen LogP contribution is -2.45. The molecule has 0 bridgehead atoms. The second kappa shape index (κ2) is 68.3. The van der Waals surface area contributed by atoms with Crippen molar-refractivity contribution in [1.29, 1.82) is 0 Å². The van der Waals surface area contributed by atoms with Gasteiger partial charge in [-0.15, -0.1) is 0 Å². The molecule has 3 N–H and O–H groups in total. The minimum absolute atomic E-state index is 0.00253. The fraction of sp³-hybridized carbons (Fsp3) is 0.863. The summed E-state index contributed by atoms with van der Waals surface area (Å²) in [5, 5.41) is 23.4. The summed E-state index contributed by atoms with van der Waals surface area (Å²) in [4.78, 5) is 24.6. The van der Waals surface area contributed by atoms with E-state index in [1.54, 1.807) is 0 Å². The van der Waals surface area contributed by atoms with Crippen molar-refractivity contribution in [3.63, 3.8) is 0 Å². The van der Waals surface area contributed by atoms with Gasteiger partial charge in [-0.3, -0.25) is 9.59 Å². The van der Waals surface area contributed by atoms with Gasteiger partial charge >= 0.3 is 5.97 Å². The molecular formula is C73H137NO5. The number of unbranched alkanes of at least 4 members (excludes halogenated alkanes) is 47. The molecule has 0 aliphatic carbocycles. The molecule has 0 aliphatic heterocycles. The van der Waals surface area contributed by atoms with Crippen molar-refractivity contribution < 1.29 is 24.5 Å². The fourth-order valence-corrected chi connectivity index (χ4v) is 10.9. The molecule has 0 saturated carbocycles. The van der Waals surface area contributed by atoms with Crippen LogP contribution in [0, 0.1) is 0 Å². The predicted molar refractivity (Wildman–Crippen MR) is 347 cm³/mol. The fourth-order valence-electron chi connectivity index (χ4n) is 10.9. The van der Waals surface area contributed by atoms with E-state index in [0.717, 1.165) is 57.8 Å². The van der Waals surface area contributed by atoms with Crippen LogP contribution in [-0.4, -0.2) is 47.4 Å². The van der Waals surface area contributed by atoms with Crippen LogP contribution in [0.15, 0.2) is 48.6 Å². The molecule has 0 rings (SSSR count). The lowest BCUT2D eigenvalue weighted by molar-refractivity contribution is -0.143. The van der Waals surface area contributed by atoms with Gasteiger partial charge in [0.1, 0.15) is 0 Å². The van der Waals surface area contributed by atoms with Crippen LogP contribution in [0.1, 0.15) is 380 Å². The molecule has 0 saturated heterocycles. The summed E-state index contributed by atoms with van der Waals surface area (Å²) in [6.45, 7) is 4.93. The highest BCUT2D eigenvalue weighted by molar-refractivity contribution is 5.76. The molecule has 0 radical (unpaired) electrons. The summed E-state index contributed by atoms with van der Waals surface area (Å²) >= 11 is 0. The third kappa shape index (κ3) is 64.8. The van der Waals surface area contributed by atoms with Gasteiger partial charge in [-0.05, 0) is 83.5 Å². The van der Waals surface area contributed by atoms with Crippen LogP contribution in [0.4, 0.5) is 0 Å². The zero-order valence-electron chi connectivity index (χ0n) is 53.1. The number of ether oxygens (including phenoxy) is 1. The van der Waals surface area contributed by atoms with E-state index in [1.165, 1.54) is 289 Å². The lowest BCUT2D eigenvalue weighted by atomic mass is 10.0. The molecule has 0 aromatic heterocycles. The van der Waals surface area contributed by atoms with Crippen LogP contribution in [0.5, 0.6) is 0 Å². The molecule has 6 nitrogen and oxygen atoms in total. The van der Waals surface area contributed by atoms with Crippen molar-refractivity contribution in [2.75, 3.05) is 13.2 Å². The summed E-state index contributed by atoms with van der Waals surface area (Å²) < 4.78 is 5.47. The number of amides is 1. The van der Waals surface area contributed by atoms with Crippen LogP contribution < -0.4 is 5.32 Å². The molecule has 1 amide bonds. The van der Waals surface area contributed by atoms with Crippen molar-refractivity contribution in [1.82, 2.24) is 5.32 Å². The molecule has 0 aliphatic rings. The number of esters is 1. The van der Waals surface area contributed by atoms with Crippen LogP contribution in [-0.2, 0) is 14.3 Å². The zero-order valence-corrected chi connectivity index (χ0v) is 53.1. The molecule has 0 spiro atoms. The van der Waals surface area contributed by atoms with E-state index in [1.807, 2.05) is 0 Å². The Morgan fingerprint density at radius 2 is 0.646 bits per heavy atom. The van der Waals surface area contributed by atoms with Crippen LogP contribution in [0.25, 0.3) is 0 Å². The van der Waals surface area contributed by atoms with Gasteiger partial charge in [-0.1, -0.05) is 332 Å². The average Bonchev–Trinajstić information content (AvgIpc) is 3.45. The molecule has 6 heteroatoms. The van der Waals surface area contributed by atoms with Crippen molar-refractivity contribution in [2.45, 2.75) is 392 Å². The van der Waals surface area contributed by atoms with Gasteiger partial charge in [0.15, 0.2) is 0 Å². The quantitative estimate of drug-likeness (QED) is 0.0320. The first-order valence-electron chi connectivity index (χ1n) is 35.4. The number of allylic oxidation sites excluding steroid dienone is 8. The minimum Gasteiger partial charge on any atom is -0.466 e. The number of nitrogens with one attached hydrogen (secondary N) is 1. The summed E-state index contributed by atoms with van der Waals surface area (Å²) in [5.41, 5.74) is 0. The molecular weight excluding hydrogens is 971 g/mol. The van der Waals surface area contributed by atoms with Gasteiger partial charge in [0, 0.05) is 12.8 Å². The molecule has 0 fully saturated rings. The Balaban J connectivity index is 3.41. The van der Waals surface area contributed by atoms with Gasteiger partial charge in [0.2, 0.25) is 5.91 Å². The highest BCUT2D eigenvalue weighted by Gasteiger charge is 2.20. The second-order valence-electron chi connectivity index (χ2n) is 24.2. The number of aliphatic hydroxyl groups is 2. The van der Waals surface area contributed by atoms with Crippen molar-refractivity contribution in [3.05, 3.63) is 48.6 Å². The number of hydrogen-bond acceptors (Lipinski definition) is 5. The van der Waals surface area contributed by atoms with Crippen LogP contribution >= 0.6 is 0 Å². The Morgan fingerprint density at radius 1 is 0.354 bits per heavy atom. The van der Waals surface area contributed by atoms with E-state index in [2.05, 4.69) is 67.8 Å². The van der Waals surface area contributed by atoms with E-state index in [4.69, 9.17) is 4.74 Å². The molecule has 0 aromatic rings. The Bertz CT molecular complexity index is 1320. The van der Waals surface area contributed by atoms with Gasteiger partial charge in [0.05, 0.1) is 25.4 Å². The average molecular weight is 1110 g/mol. The maximum atomic E-state index is 12.5. The summed E-state index contributed by atoms with van der Waals surface area (Å²) in [5.74, 6) is -0.0354. The smallest absolute Gasteiger partial charge is 0.305 e. The van der Waals surface area contributed by atoms with E-state index in [-0.39, 0.29) is 18.5 Å². The lowest BCUT2D eigenvalue weighted by Gasteiger charge is -2.22. The molecule has 0 aromatic carbocycles. The Labute approximate surface area is 493 Å². The summed E-state index contributed by atoms with van der Waals surface area (Å²) in [6.07, 6.45) is 88.7. The number of carbonyl (C=O) groups is 2. The highest BCUT2D eigenvalue weighted by atomic mass is 16.5. The maximum absolute atomic E-state index is 12.5. The van der Waals surface area contributed by atoms with Crippen LogP contribution in [0.3, 0.4) is 0 Å². The summed E-state index contributed by atoms with van der Waals surface area (Å²) in [6, 6.07) is -0.544. The Kier molecular flexibility index (Phi) is 66.4. The number of aliphatic hydroxyl groups excluding tert-OH is 2. The standard InChI is InChI=1S/C73H137NO5/c1-3-5-7-9-11-13-15-17-19-20-32-35-38-41-45-49-53-57-61-65-71(76)70(69-75)74-72(77)66-62-58-54-50-46-42-39-36-33-30-28-26-24-22-21-23-25-27-29-31-34-37-40-44-48-52-56-60-64-68-79-73(78)67-63-59-55-51-47-43-18-16-14-12-10-8-6-4-2/h10,12,16,18,21,23,27,29,70-71,75-76H,3-9,11,13-15,17,19-20,22,24-26,28,30-69H2,1-2H3,(H,74,77)/b12-10-,18-16-,23-21-,29-27-. The number of hydrogen-bond donors (Lipinski definition) is 3. The van der Waals surface area contributed by atoms with E-state index < -0.39 is 12.1 Å². The molecule has 2 unspecified atom stereocenters. The van der Waals surface area contributed by atoms with Gasteiger partial charge in [-0.2, -0.15) is 0 Å². The largest absolute Gasteiger partial charge is 0.466 e. The predicted octanol–water partition coefficient (Wildman–Crippen LogP) is 22.9. The maximum Gasteiger partial charge on any atom is 0.305 e. The SMILES string of the molecule is CCCC/C=C\C/C=C\CCCCCCCC(=O)OCCCCCCCCCCC/C=C\C/C=C\CCCCCCCCCCCCCCCC(=O)NC(CO)C(O)CCCCCCCCCCCCCCCCCCCCC. The monoisotopic (exact) mass is 1110 g/mol. The summed E-state index contributed by atoms with van der Waals surface area (Å²) in [7, 11) is 0. The first-order valence-corrected chi connectivity index (χ1v) is 35.4. The third-order valence-corrected chi connectivity index (χ3v) is 16.4. The Morgan fingerprint density at radius 3 is 1.00 bits per heavy atom. The van der Waals surface area contributed by atoms with Crippen LogP contribution in [0.2, 0.25) is 0 Å². The molecule has 2 atom stereocenters. The van der Waals surface area contributed by atoms with E-state index >= 15 is 0 Å². The van der Waals surface area contributed by atoms with Crippen molar-refractivity contribution in [2.24, 2.45) is 0 Å². The third-order valence-electron chi connectivity index (χ3n) is 16.4. The van der Waals surface area contributed by atoms with E-state index in [0.29, 0.717) is 25.9 Å². The first kappa shape index (κ1) is 76.8. The normalized spacial score (nSPS) is 12.8. The van der Waals surface area contributed by atoms with E-state index in [9.17, 15) is 19.8 Å². The molecule has 0 heterocycles. The van der Waals surface area contributed by atoms with Crippen molar-refractivity contribution in [3.8, 4) is 0 Å². The van der Waals surface area contributed by atoms with Gasteiger partial charge < -0.3 is 20.3 Å². The number of rotatable bonds is 66. The number of carbonyl (C=O) groups excluding carboxylic acids is 2. The van der Waals surface area contributed by atoms with Crippen molar-refractivity contribution >= 4 is 11.9 Å². The van der Waals surface area contributed by atoms with Gasteiger partial charge in [-0.25, -0.2) is 0 Å². The van der Waals surface area contributed by atoms with Gasteiger partial charge in [0.25, 0.3) is 0 Å².